The van der Waals surface area contributed by atoms with Gasteiger partial charge in [-0.25, -0.2) is 8.78 Å². The zero-order valence-corrected chi connectivity index (χ0v) is 16.4. The second kappa shape index (κ2) is 7.62. The largest absolute Gasteiger partial charge is 0.499 e. The van der Waals surface area contributed by atoms with E-state index in [4.69, 9.17) is 4.74 Å². The summed E-state index contributed by atoms with van der Waals surface area (Å²) in [5.41, 5.74) is 1.52. The van der Waals surface area contributed by atoms with E-state index in [0.717, 1.165) is 12.3 Å². The maximum Gasteiger partial charge on any atom is 0.259 e. The van der Waals surface area contributed by atoms with E-state index >= 15 is 0 Å². The van der Waals surface area contributed by atoms with Crippen molar-refractivity contribution < 1.29 is 18.3 Å². The van der Waals surface area contributed by atoms with E-state index in [1.54, 1.807) is 35.6 Å². The van der Waals surface area contributed by atoms with Crippen molar-refractivity contribution >= 4 is 22.0 Å². The number of carbonyl (C=O) groups excluding carboxylic acids is 1. The van der Waals surface area contributed by atoms with Crippen LogP contribution < -0.4 is 10.3 Å². The molecule has 3 rings (SSSR count). The van der Waals surface area contributed by atoms with Crippen LogP contribution in [0.15, 0.2) is 41.5 Å². The van der Waals surface area contributed by atoms with Crippen LogP contribution in [0.4, 0.5) is 8.78 Å². The first-order chi connectivity index (χ1) is 13.6. The maximum absolute atomic E-state index is 14.1. The van der Waals surface area contributed by atoms with E-state index in [1.165, 1.54) is 22.9 Å². The Labute approximate surface area is 167 Å². The van der Waals surface area contributed by atoms with Crippen LogP contribution in [0.1, 0.15) is 27.4 Å². The zero-order valence-electron chi connectivity index (χ0n) is 16.4. The average molecular weight is 395 g/mol. The fourth-order valence-corrected chi connectivity index (χ4v) is 3.07. The number of hydrogen-bond acceptors (Lipinski definition) is 5. The van der Waals surface area contributed by atoms with Crippen molar-refractivity contribution in [1.82, 2.24) is 14.5 Å². The van der Waals surface area contributed by atoms with Gasteiger partial charge in [-0.2, -0.15) is 0 Å². The highest BCUT2D eigenvalue weighted by Crippen LogP contribution is 2.25. The van der Waals surface area contributed by atoms with Crippen molar-refractivity contribution in [2.24, 2.45) is 0 Å². The summed E-state index contributed by atoms with van der Waals surface area (Å²) < 4.78 is 34.5. The molecule has 3 heterocycles. The molecule has 0 aromatic carbocycles. The predicted octanol–water partition coefficient (Wildman–Crippen LogP) is 0.791. The van der Waals surface area contributed by atoms with E-state index in [1.807, 2.05) is 0 Å². The molecule has 0 saturated heterocycles. The zero-order chi connectivity index (χ0) is 21.3. The Kier molecular flexibility index (Phi) is 5.37. The molecule has 29 heavy (non-hydrogen) atoms. The predicted molar refractivity (Wildman–Crippen MR) is 108 cm³/mol. The van der Waals surface area contributed by atoms with Crippen LogP contribution >= 0.6 is 0 Å². The molecule has 146 valence electrons. The Hall–Kier alpha value is -3.29. The highest BCUT2D eigenvalue weighted by atomic mass is 19.1. The molecule has 3 aromatic heterocycles. The Morgan fingerprint density at radius 1 is 1.10 bits per heavy atom. The molecule has 0 saturated carbocycles. The van der Waals surface area contributed by atoms with Crippen LogP contribution in [-0.2, 0) is 5.40 Å². The number of aromatic nitrogens is 3. The molecule has 3 aromatic rings. The van der Waals surface area contributed by atoms with Crippen LogP contribution in [0.2, 0.25) is 0 Å². The molecule has 0 bridgehead atoms. The van der Waals surface area contributed by atoms with Gasteiger partial charge in [0.05, 0.1) is 17.3 Å². The minimum atomic E-state index is -1.25. The molecular formula is C19H17B2F2N3O3. The Bertz CT molecular complexity index is 1170. The third-order valence-corrected chi connectivity index (χ3v) is 4.40. The van der Waals surface area contributed by atoms with E-state index < -0.39 is 22.6 Å². The van der Waals surface area contributed by atoms with Gasteiger partial charge in [0.1, 0.15) is 28.8 Å². The number of aldehydes is 1. The van der Waals surface area contributed by atoms with Crippen molar-refractivity contribution in [2.75, 3.05) is 0 Å². The summed E-state index contributed by atoms with van der Waals surface area (Å²) in [5, 5.41) is -1.25. The van der Waals surface area contributed by atoms with E-state index in [-0.39, 0.29) is 17.1 Å². The highest BCUT2D eigenvalue weighted by molar-refractivity contribution is 6.38. The molecule has 0 aliphatic carbocycles. The van der Waals surface area contributed by atoms with Crippen LogP contribution in [-0.4, -0.2) is 36.5 Å². The molecule has 0 amide bonds. The number of aryl methyl sites for hydroxylation is 2. The van der Waals surface area contributed by atoms with Crippen LogP contribution in [0, 0.1) is 25.5 Å². The van der Waals surface area contributed by atoms with Gasteiger partial charge in [-0.3, -0.25) is 24.1 Å². The number of hydrogen-bond donors (Lipinski definition) is 0. The van der Waals surface area contributed by atoms with Gasteiger partial charge in [0.2, 0.25) is 0 Å². The first-order valence-electron chi connectivity index (χ1n) is 8.79. The van der Waals surface area contributed by atoms with Crippen molar-refractivity contribution in [3.05, 3.63) is 81.3 Å². The fraction of sp³-hybridized carbons (Fsp3) is 0.158. The molecule has 0 aliphatic heterocycles. The second-order valence-corrected chi connectivity index (χ2v) is 7.12. The topological polar surface area (TPSA) is 74.1 Å². The Balaban J connectivity index is 2.02. The lowest BCUT2D eigenvalue weighted by molar-refractivity contribution is 0.111. The maximum atomic E-state index is 14.1. The summed E-state index contributed by atoms with van der Waals surface area (Å²) in [6, 6.07) is 5.13. The van der Waals surface area contributed by atoms with Gasteiger partial charge in [0.25, 0.3) is 5.56 Å². The van der Waals surface area contributed by atoms with Gasteiger partial charge >= 0.3 is 0 Å². The molecule has 0 N–H and O–H groups in total. The summed E-state index contributed by atoms with van der Waals surface area (Å²) in [6.07, 6.45) is 3.03. The van der Waals surface area contributed by atoms with Crippen molar-refractivity contribution in [2.45, 2.75) is 19.2 Å². The third-order valence-electron chi connectivity index (χ3n) is 4.40. The van der Waals surface area contributed by atoms with Gasteiger partial charge in [-0.15, -0.1) is 0 Å². The average Bonchev–Trinajstić information content (AvgIpc) is 2.62. The standard InChI is InChI=1S/C19H17B2F2N3O3/c1-10-7-24-13(9-27)5-16(10)26-11(2)3-14(6-17(26)28)29-19(20,21)18-15(23)4-12(22)8-25-18/h3-9H,20-21H2,1-2H3. The van der Waals surface area contributed by atoms with Gasteiger partial charge in [0, 0.05) is 24.0 Å². The molecular weight excluding hydrogens is 378 g/mol. The Morgan fingerprint density at radius 2 is 1.83 bits per heavy atom. The number of carbonyl (C=O) groups is 1. The van der Waals surface area contributed by atoms with Crippen LogP contribution in [0.5, 0.6) is 5.75 Å². The lowest BCUT2D eigenvalue weighted by Gasteiger charge is -2.27. The monoisotopic (exact) mass is 395 g/mol. The van der Waals surface area contributed by atoms with Gasteiger partial charge < -0.3 is 4.74 Å². The first kappa shape index (κ1) is 20.4. The third kappa shape index (κ3) is 4.11. The highest BCUT2D eigenvalue weighted by Gasteiger charge is 2.28. The SMILES string of the molecule is BC(B)(Oc1cc(C)n(-c2cc(C=O)ncc2C)c(=O)c1)c1ncc(F)cc1F. The number of rotatable bonds is 5. The quantitative estimate of drug-likeness (QED) is 0.472. The lowest BCUT2D eigenvalue weighted by Crippen LogP contribution is -2.37. The van der Waals surface area contributed by atoms with Gasteiger partial charge in [-0.1, -0.05) is 0 Å². The van der Waals surface area contributed by atoms with Crippen molar-refractivity contribution in [3.8, 4) is 11.4 Å². The number of nitrogens with zero attached hydrogens (tertiary/aromatic N) is 3. The fourth-order valence-electron chi connectivity index (χ4n) is 3.07. The van der Waals surface area contributed by atoms with E-state index in [0.29, 0.717) is 23.2 Å². The molecule has 0 fully saturated rings. The molecule has 10 heteroatoms. The summed E-state index contributed by atoms with van der Waals surface area (Å²) in [6.45, 7) is 3.48. The second-order valence-electron chi connectivity index (χ2n) is 7.12. The summed E-state index contributed by atoms with van der Waals surface area (Å²) >= 11 is 0. The Morgan fingerprint density at radius 3 is 2.45 bits per heavy atom. The van der Waals surface area contributed by atoms with Gasteiger partial charge in [0.15, 0.2) is 22.0 Å². The molecule has 0 spiro atoms. The van der Waals surface area contributed by atoms with Crippen LogP contribution in [0.3, 0.4) is 0 Å². The normalized spacial score (nSPS) is 11.3. The van der Waals surface area contributed by atoms with E-state index in [2.05, 4.69) is 9.97 Å². The molecule has 0 atom stereocenters. The van der Waals surface area contributed by atoms with Crippen LogP contribution in [0.25, 0.3) is 5.69 Å². The smallest absolute Gasteiger partial charge is 0.259 e. The van der Waals surface area contributed by atoms with E-state index in [9.17, 15) is 18.4 Å². The number of pyridine rings is 3. The summed E-state index contributed by atoms with van der Waals surface area (Å²) in [7, 11) is 3.14. The van der Waals surface area contributed by atoms with Crippen molar-refractivity contribution in [3.63, 3.8) is 0 Å². The molecule has 0 unspecified atom stereocenters. The van der Waals surface area contributed by atoms with Gasteiger partial charge in [-0.05, 0) is 31.5 Å². The number of halogens is 2. The summed E-state index contributed by atoms with van der Waals surface area (Å²) in [4.78, 5) is 31.6. The van der Waals surface area contributed by atoms with Crippen molar-refractivity contribution in [1.29, 1.82) is 0 Å². The molecule has 0 aliphatic rings. The lowest BCUT2D eigenvalue weighted by atomic mass is 9.62. The first-order valence-corrected chi connectivity index (χ1v) is 8.79. The molecule has 6 nitrogen and oxygen atoms in total. The molecule has 0 radical (unpaired) electrons. The minimum Gasteiger partial charge on any atom is -0.499 e. The summed E-state index contributed by atoms with van der Waals surface area (Å²) in [5.74, 6) is -1.42. The number of ether oxygens (including phenoxy) is 1. The minimum absolute atomic E-state index is 0.0821.